The molecule has 258 valence electrons. The van der Waals surface area contributed by atoms with Crippen molar-refractivity contribution in [2.45, 2.75) is 143 Å². The zero-order valence-electron chi connectivity index (χ0n) is 29.7. The van der Waals surface area contributed by atoms with Crippen LogP contribution in [0.5, 0.6) is 0 Å². The SMILES string of the molecule is CC[C@H]1OC(=O)[C@H](C)C[C@H](C)C(O[C@@H]2O[C@H](C)C[C@H](N(C)C)[C@H]2OC(C)=O)[C@](C)(OC)C[C@@H](C)C(=O)[C@H](C)[C@H]2CC(=O)C[C@@]21C. The van der Waals surface area contributed by atoms with Crippen LogP contribution in [0.3, 0.4) is 0 Å². The fraction of sp³-hybridized carbons (Fsp3) is 0.886. The predicted molar refractivity (Wildman–Crippen MR) is 169 cm³/mol. The van der Waals surface area contributed by atoms with Gasteiger partial charge in [-0.05, 0) is 65.5 Å². The number of methoxy groups -OCH3 is 1. The minimum Gasteiger partial charge on any atom is -0.462 e. The van der Waals surface area contributed by atoms with E-state index >= 15 is 0 Å². The minimum atomic E-state index is -0.971. The molecule has 0 spiro atoms. The molecule has 0 radical (unpaired) electrons. The number of hydrogen-bond donors (Lipinski definition) is 0. The number of likely N-dealkylation sites (N-methyl/N-ethyl adjacent to an activating group) is 1. The Kier molecular flexibility index (Phi) is 12.4. The number of Topliss-reactive ketones (excluding diaryl/α,β-unsaturated/α-hetero) is 2. The number of ether oxygens (including phenoxy) is 5. The molecule has 2 saturated heterocycles. The number of cyclic esters (lactones) is 1. The second kappa shape index (κ2) is 14.9. The van der Waals surface area contributed by atoms with E-state index in [1.165, 1.54) is 6.92 Å². The number of nitrogens with zero attached hydrogens (tertiary/aromatic N) is 1. The molecule has 13 atom stereocenters. The van der Waals surface area contributed by atoms with Crippen LogP contribution >= 0.6 is 0 Å². The van der Waals surface area contributed by atoms with Crippen LogP contribution in [0.25, 0.3) is 0 Å². The Labute approximate surface area is 270 Å². The van der Waals surface area contributed by atoms with E-state index in [0.29, 0.717) is 38.5 Å². The van der Waals surface area contributed by atoms with Crippen LogP contribution < -0.4 is 0 Å². The van der Waals surface area contributed by atoms with Crippen LogP contribution in [0, 0.1) is 35.0 Å². The highest BCUT2D eigenvalue weighted by Crippen LogP contribution is 2.51. The normalized spacial score (nSPS) is 43.8. The van der Waals surface area contributed by atoms with Gasteiger partial charge in [-0.2, -0.15) is 0 Å². The largest absolute Gasteiger partial charge is 0.462 e. The molecule has 45 heavy (non-hydrogen) atoms. The summed E-state index contributed by atoms with van der Waals surface area (Å²) >= 11 is 0. The molecule has 1 unspecified atom stereocenters. The average Bonchev–Trinajstić information content (AvgIpc) is 3.27. The van der Waals surface area contributed by atoms with Crippen molar-refractivity contribution >= 4 is 23.5 Å². The molecule has 3 rings (SSSR count). The molecule has 10 nitrogen and oxygen atoms in total. The third kappa shape index (κ3) is 8.17. The molecule has 0 N–H and O–H groups in total. The standard InChI is InChI=1S/C35H59NO9/c1-13-28-34(8)18-25(38)16-26(34)23(6)29(39)21(4)17-35(9,41-12)31(19(2)14-20(3)32(40)44-28)45-33-30(43-24(7)37)27(36(10)11)15-22(5)42-33/h19-23,26-28,30-31,33H,13-18H2,1-12H3/t19-,20+,21+,22+,23+,26+,27-,28+,30+,31?,33-,34-,35+/m0/s1. The third-order valence-corrected chi connectivity index (χ3v) is 11.0. The lowest BCUT2D eigenvalue weighted by Gasteiger charge is -2.48. The summed E-state index contributed by atoms with van der Waals surface area (Å²) in [5.74, 6) is -2.38. The van der Waals surface area contributed by atoms with Gasteiger partial charge in [0.1, 0.15) is 17.7 Å². The van der Waals surface area contributed by atoms with Gasteiger partial charge in [0.15, 0.2) is 12.4 Å². The summed E-state index contributed by atoms with van der Waals surface area (Å²) in [7, 11) is 5.49. The maximum Gasteiger partial charge on any atom is 0.308 e. The molecular formula is C35H59NO9. The van der Waals surface area contributed by atoms with Crippen molar-refractivity contribution in [2.24, 2.45) is 35.0 Å². The van der Waals surface area contributed by atoms with Gasteiger partial charge in [-0.25, -0.2) is 0 Å². The smallest absolute Gasteiger partial charge is 0.308 e. The molecule has 0 aromatic carbocycles. The van der Waals surface area contributed by atoms with E-state index in [1.54, 1.807) is 7.11 Å². The van der Waals surface area contributed by atoms with Crippen molar-refractivity contribution in [3.63, 3.8) is 0 Å². The highest BCUT2D eigenvalue weighted by molar-refractivity contribution is 5.87. The first-order chi connectivity index (χ1) is 20.9. The second-order valence-electron chi connectivity index (χ2n) is 15.0. The topological polar surface area (TPSA) is 118 Å². The van der Waals surface area contributed by atoms with Gasteiger partial charge in [-0.15, -0.1) is 0 Å². The van der Waals surface area contributed by atoms with Crippen molar-refractivity contribution in [2.75, 3.05) is 21.2 Å². The molecule has 0 aromatic rings. The Bertz CT molecular complexity index is 1080. The molecule has 2 aliphatic heterocycles. The van der Waals surface area contributed by atoms with Crippen LogP contribution in [-0.4, -0.2) is 92.0 Å². The van der Waals surface area contributed by atoms with E-state index in [1.807, 2.05) is 74.4 Å². The Hall–Kier alpha value is -1.88. The molecule has 3 aliphatic rings. The van der Waals surface area contributed by atoms with E-state index in [2.05, 4.69) is 0 Å². The predicted octanol–water partition coefficient (Wildman–Crippen LogP) is 4.99. The first-order valence-corrected chi connectivity index (χ1v) is 16.8. The monoisotopic (exact) mass is 637 g/mol. The van der Waals surface area contributed by atoms with Gasteiger partial charge in [-0.1, -0.05) is 41.5 Å². The number of carbonyl (C=O) groups excluding carboxylic acids is 4. The van der Waals surface area contributed by atoms with Gasteiger partial charge in [0, 0.05) is 44.1 Å². The van der Waals surface area contributed by atoms with Crippen LogP contribution in [-0.2, 0) is 42.9 Å². The fourth-order valence-corrected chi connectivity index (χ4v) is 8.58. The highest BCUT2D eigenvalue weighted by atomic mass is 16.7. The minimum absolute atomic E-state index is 0.0511. The van der Waals surface area contributed by atoms with Gasteiger partial charge >= 0.3 is 11.9 Å². The third-order valence-electron chi connectivity index (χ3n) is 11.0. The van der Waals surface area contributed by atoms with Gasteiger partial charge in [0.05, 0.1) is 29.8 Å². The summed E-state index contributed by atoms with van der Waals surface area (Å²) in [5, 5.41) is 0. The first-order valence-electron chi connectivity index (χ1n) is 16.8. The van der Waals surface area contributed by atoms with Gasteiger partial charge < -0.3 is 28.6 Å². The lowest BCUT2D eigenvalue weighted by Crippen LogP contribution is -2.59. The van der Waals surface area contributed by atoms with E-state index < -0.39 is 59.3 Å². The van der Waals surface area contributed by atoms with Gasteiger partial charge in [0.25, 0.3) is 0 Å². The van der Waals surface area contributed by atoms with Crippen LogP contribution in [0.15, 0.2) is 0 Å². The summed E-state index contributed by atoms with van der Waals surface area (Å²) in [5.41, 5.74) is -1.59. The summed E-state index contributed by atoms with van der Waals surface area (Å²) < 4.78 is 31.4. The van der Waals surface area contributed by atoms with E-state index in [-0.39, 0.29) is 41.5 Å². The first kappa shape index (κ1) is 37.6. The average molecular weight is 638 g/mol. The molecule has 1 aliphatic carbocycles. The molecular weight excluding hydrogens is 578 g/mol. The zero-order valence-corrected chi connectivity index (χ0v) is 29.7. The molecule has 10 heteroatoms. The van der Waals surface area contributed by atoms with Crippen LogP contribution in [0.2, 0.25) is 0 Å². The zero-order chi connectivity index (χ0) is 34.0. The Balaban J connectivity index is 2.07. The van der Waals surface area contributed by atoms with Crippen LogP contribution in [0.1, 0.15) is 101 Å². The lowest BCUT2D eigenvalue weighted by molar-refractivity contribution is -0.300. The number of carbonyl (C=O) groups is 4. The maximum absolute atomic E-state index is 14.1. The van der Waals surface area contributed by atoms with Crippen molar-refractivity contribution in [3.05, 3.63) is 0 Å². The van der Waals surface area contributed by atoms with Crippen LogP contribution in [0.4, 0.5) is 0 Å². The number of esters is 2. The number of hydrogen-bond acceptors (Lipinski definition) is 10. The van der Waals surface area contributed by atoms with Crippen molar-refractivity contribution < 1.29 is 42.9 Å². The lowest BCUT2D eigenvalue weighted by atomic mass is 9.66. The molecule has 3 fully saturated rings. The van der Waals surface area contributed by atoms with Crippen molar-refractivity contribution in [1.82, 2.24) is 4.90 Å². The second-order valence-corrected chi connectivity index (χ2v) is 15.0. The molecule has 2 heterocycles. The maximum atomic E-state index is 14.1. The molecule has 0 bridgehead atoms. The van der Waals surface area contributed by atoms with E-state index in [0.717, 1.165) is 0 Å². The Morgan fingerprint density at radius 2 is 1.67 bits per heavy atom. The summed E-state index contributed by atoms with van der Waals surface area (Å²) in [4.78, 5) is 54.9. The Morgan fingerprint density at radius 1 is 1.02 bits per heavy atom. The van der Waals surface area contributed by atoms with Crippen molar-refractivity contribution in [3.8, 4) is 0 Å². The summed E-state index contributed by atoms with van der Waals surface area (Å²) in [6, 6.07) is -0.144. The molecule has 0 amide bonds. The van der Waals surface area contributed by atoms with E-state index in [9.17, 15) is 19.2 Å². The number of ketones is 2. The molecule has 1 saturated carbocycles. The summed E-state index contributed by atoms with van der Waals surface area (Å²) in [6.45, 7) is 16.9. The summed E-state index contributed by atoms with van der Waals surface area (Å²) in [6.07, 6.45) is -0.291. The van der Waals surface area contributed by atoms with Gasteiger partial charge in [0.2, 0.25) is 0 Å². The van der Waals surface area contributed by atoms with E-state index in [4.69, 9.17) is 23.7 Å². The number of fused-ring (bicyclic) bond motifs is 1. The highest BCUT2D eigenvalue weighted by Gasteiger charge is 2.54. The van der Waals surface area contributed by atoms with Crippen molar-refractivity contribution in [1.29, 1.82) is 0 Å². The molecule has 0 aromatic heterocycles. The quantitative estimate of drug-likeness (QED) is 0.369. The number of rotatable bonds is 6. The van der Waals surface area contributed by atoms with Gasteiger partial charge in [-0.3, -0.25) is 19.2 Å². The Morgan fingerprint density at radius 3 is 2.22 bits per heavy atom. The fourth-order valence-electron chi connectivity index (χ4n) is 8.58.